The van der Waals surface area contributed by atoms with Crippen LogP contribution in [0.15, 0.2) is 65.9 Å². The van der Waals surface area contributed by atoms with E-state index < -0.39 is 0 Å². The molecule has 0 aliphatic heterocycles. The van der Waals surface area contributed by atoms with Crippen molar-refractivity contribution in [3.8, 4) is 11.4 Å². The van der Waals surface area contributed by atoms with Crippen molar-refractivity contribution in [1.29, 1.82) is 0 Å². The summed E-state index contributed by atoms with van der Waals surface area (Å²) in [6.07, 6.45) is 3.70. The molecular formula is C23H29N5O2. The fraction of sp³-hybridized carbons (Fsp3) is 0.304. The lowest BCUT2D eigenvalue weighted by atomic mass is 10.1. The summed E-state index contributed by atoms with van der Waals surface area (Å²) in [6.45, 7) is 4.42. The quantitative estimate of drug-likeness (QED) is 0.324. The highest BCUT2D eigenvalue weighted by molar-refractivity contribution is 5.79. The fourth-order valence-electron chi connectivity index (χ4n) is 2.95. The maximum Gasteiger partial charge on any atom is 0.191 e. The van der Waals surface area contributed by atoms with Crippen molar-refractivity contribution >= 4 is 5.96 Å². The van der Waals surface area contributed by atoms with Crippen molar-refractivity contribution in [2.75, 3.05) is 27.4 Å². The van der Waals surface area contributed by atoms with Crippen LogP contribution >= 0.6 is 0 Å². The van der Waals surface area contributed by atoms with Crippen molar-refractivity contribution in [3.63, 3.8) is 0 Å². The molecule has 0 amide bonds. The van der Waals surface area contributed by atoms with Gasteiger partial charge in [-0.2, -0.15) is 5.10 Å². The summed E-state index contributed by atoms with van der Waals surface area (Å²) in [5, 5.41) is 10.9. The summed E-state index contributed by atoms with van der Waals surface area (Å²) >= 11 is 0. The van der Waals surface area contributed by atoms with E-state index in [0.29, 0.717) is 26.3 Å². The zero-order valence-electron chi connectivity index (χ0n) is 17.8. The number of nitrogens with one attached hydrogen (secondary N) is 2. The Hall–Kier alpha value is -3.32. The lowest BCUT2D eigenvalue weighted by Crippen LogP contribution is -2.36. The summed E-state index contributed by atoms with van der Waals surface area (Å²) in [6, 6.07) is 16.4. The number of nitrogens with zero attached hydrogens (tertiary/aromatic N) is 3. The van der Waals surface area contributed by atoms with Crippen LogP contribution in [0.2, 0.25) is 0 Å². The largest absolute Gasteiger partial charge is 0.491 e. The van der Waals surface area contributed by atoms with Gasteiger partial charge >= 0.3 is 0 Å². The maximum atomic E-state index is 5.86. The standard InChI is InChI=1S/C23H29N5O2/c1-18-5-8-20(22(15-18)30-14-13-29-3)17-26-23(24-2)25-16-19-6-9-21(10-7-19)28-12-4-11-27-28/h4-12,15H,13-14,16-17H2,1-3H3,(H2,24,25,26). The summed E-state index contributed by atoms with van der Waals surface area (Å²) in [5.74, 6) is 1.60. The van der Waals surface area contributed by atoms with E-state index in [0.717, 1.165) is 34.1 Å². The van der Waals surface area contributed by atoms with E-state index in [4.69, 9.17) is 9.47 Å². The van der Waals surface area contributed by atoms with E-state index in [-0.39, 0.29) is 0 Å². The number of benzene rings is 2. The van der Waals surface area contributed by atoms with Crippen molar-refractivity contribution in [2.24, 2.45) is 4.99 Å². The highest BCUT2D eigenvalue weighted by Crippen LogP contribution is 2.20. The molecule has 158 valence electrons. The number of ether oxygens (including phenoxy) is 2. The molecule has 2 N–H and O–H groups in total. The molecule has 0 fully saturated rings. The van der Waals surface area contributed by atoms with Gasteiger partial charge in [0.25, 0.3) is 0 Å². The van der Waals surface area contributed by atoms with Crippen molar-refractivity contribution < 1.29 is 9.47 Å². The van der Waals surface area contributed by atoms with E-state index in [1.807, 2.05) is 23.0 Å². The molecule has 0 radical (unpaired) electrons. The minimum Gasteiger partial charge on any atom is -0.491 e. The minimum atomic E-state index is 0.522. The molecule has 0 saturated carbocycles. The van der Waals surface area contributed by atoms with Crippen molar-refractivity contribution in [3.05, 3.63) is 77.6 Å². The SMILES string of the molecule is CN=C(NCc1ccc(-n2cccn2)cc1)NCc1ccc(C)cc1OCCOC. The first-order chi connectivity index (χ1) is 14.7. The van der Waals surface area contributed by atoms with Crippen LogP contribution in [0.1, 0.15) is 16.7 Å². The number of aliphatic imine (C=N–C) groups is 1. The monoisotopic (exact) mass is 407 g/mol. The van der Waals surface area contributed by atoms with E-state index in [9.17, 15) is 0 Å². The molecule has 0 atom stereocenters. The first-order valence-corrected chi connectivity index (χ1v) is 9.94. The molecule has 0 spiro atoms. The summed E-state index contributed by atoms with van der Waals surface area (Å²) in [4.78, 5) is 4.32. The Bertz CT molecular complexity index is 937. The first kappa shape index (κ1) is 21.4. The first-order valence-electron chi connectivity index (χ1n) is 9.94. The summed E-state index contributed by atoms with van der Waals surface area (Å²) in [7, 11) is 3.43. The average Bonchev–Trinajstić information content (AvgIpc) is 3.30. The molecule has 1 heterocycles. The van der Waals surface area contributed by atoms with Gasteiger partial charge in [0.15, 0.2) is 5.96 Å². The Labute approximate surface area is 177 Å². The van der Waals surface area contributed by atoms with Crippen LogP contribution < -0.4 is 15.4 Å². The van der Waals surface area contributed by atoms with Crippen LogP contribution in [0.5, 0.6) is 5.75 Å². The molecule has 3 rings (SSSR count). The van der Waals surface area contributed by atoms with Crippen LogP contribution in [0.4, 0.5) is 0 Å². The topological polar surface area (TPSA) is 72.7 Å². The second-order valence-corrected chi connectivity index (χ2v) is 6.85. The van der Waals surface area contributed by atoms with Crippen LogP contribution in [-0.2, 0) is 17.8 Å². The third kappa shape index (κ3) is 6.09. The molecule has 30 heavy (non-hydrogen) atoms. The molecule has 7 heteroatoms. The van der Waals surface area contributed by atoms with Gasteiger partial charge in [0.05, 0.1) is 12.3 Å². The maximum absolute atomic E-state index is 5.86. The lowest BCUT2D eigenvalue weighted by molar-refractivity contribution is 0.145. The summed E-state index contributed by atoms with van der Waals surface area (Å²) in [5.41, 5.74) is 4.43. The van der Waals surface area contributed by atoms with Gasteiger partial charge in [0.2, 0.25) is 0 Å². The van der Waals surface area contributed by atoms with E-state index in [1.54, 1.807) is 20.4 Å². The molecule has 7 nitrogen and oxygen atoms in total. The van der Waals surface area contributed by atoms with Gasteiger partial charge in [-0.05, 0) is 42.3 Å². The number of methoxy groups -OCH3 is 1. The van der Waals surface area contributed by atoms with E-state index in [2.05, 4.69) is 64.0 Å². The molecule has 2 aromatic carbocycles. The fourth-order valence-corrected chi connectivity index (χ4v) is 2.95. The van der Waals surface area contributed by atoms with Gasteiger partial charge in [-0.15, -0.1) is 0 Å². The highest BCUT2D eigenvalue weighted by Gasteiger charge is 2.06. The van der Waals surface area contributed by atoms with Gasteiger partial charge < -0.3 is 20.1 Å². The number of hydrogen-bond donors (Lipinski definition) is 2. The zero-order chi connectivity index (χ0) is 21.2. The second kappa shape index (κ2) is 11.0. The molecule has 0 bridgehead atoms. The molecular weight excluding hydrogens is 378 g/mol. The zero-order valence-corrected chi connectivity index (χ0v) is 17.8. The molecule has 0 unspecified atom stereocenters. The predicted molar refractivity (Wildman–Crippen MR) is 119 cm³/mol. The number of aromatic nitrogens is 2. The number of hydrogen-bond acceptors (Lipinski definition) is 4. The lowest BCUT2D eigenvalue weighted by Gasteiger charge is -2.15. The van der Waals surface area contributed by atoms with Gasteiger partial charge in [0.1, 0.15) is 12.4 Å². The van der Waals surface area contributed by atoms with Crippen molar-refractivity contribution in [1.82, 2.24) is 20.4 Å². The number of guanidine groups is 1. The van der Waals surface area contributed by atoms with Gasteiger partial charge in [-0.25, -0.2) is 4.68 Å². The average molecular weight is 408 g/mol. The molecule has 0 saturated heterocycles. The Morgan fingerprint density at radius 3 is 2.57 bits per heavy atom. The third-order valence-corrected chi connectivity index (χ3v) is 4.60. The van der Waals surface area contributed by atoms with Gasteiger partial charge in [0, 0.05) is 45.2 Å². The van der Waals surface area contributed by atoms with Gasteiger partial charge in [-0.3, -0.25) is 4.99 Å². The van der Waals surface area contributed by atoms with Crippen LogP contribution in [0, 0.1) is 6.92 Å². The van der Waals surface area contributed by atoms with E-state index >= 15 is 0 Å². The third-order valence-electron chi connectivity index (χ3n) is 4.60. The van der Waals surface area contributed by atoms with Gasteiger partial charge in [-0.1, -0.05) is 24.3 Å². The van der Waals surface area contributed by atoms with Crippen LogP contribution in [0.25, 0.3) is 5.69 Å². The second-order valence-electron chi connectivity index (χ2n) is 6.85. The number of aryl methyl sites for hydroxylation is 1. The highest BCUT2D eigenvalue weighted by atomic mass is 16.5. The predicted octanol–water partition coefficient (Wildman–Crippen LogP) is 3.07. The van der Waals surface area contributed by atoms with E-state index in [1.165, 1.54) is 0 Å². The molecule has 1 aromatic heterocycles. The summed E-state index contributed by atoms with van der Waals surface area (Å²) < 4.78 is 12.8. The number of rotatable bonds is 9. The Morgan fingerprint density at radius 1 is 1.07 bits per heavy atom. The molecule has 3 aromatic rings. The Morgan fingerprint density at radius 2 is 1.87 bits per heavy atom. The Balaban J connectivity index is 1.54. The Kier molecular flexibility index (Phi) is 7.86. The molecule has 0 aliphatic rings. The normalized spacial score (nSPS) is 11.4. The smallest absolute Gasteiger partial charge is 0.191 e. The van der Waals surface area contributed by atoms with Crippen LogP contribution in [-0.4, -0.2) is 43.1 Å². The molecule has 0 aliphatic carbocycles. The van der Waals surface area contributed by atoms with Crippen molar-refractivity contribution in [2.45, 2.75) is 20.0 Å². The van der Waals surface area contributed by atoms with Crippen LogP contribution in [0.3, 0.4) is 0 Å². The minimum absolute atomic E-state index is 0.522.